The highest BCUT2D eigenvalue weighted by Gasteiger charge is 2.41. The Morgan fingerprint density at radius 3 is 2.18 bits per heavy atom. The molecule has 1 saturated carbocycles. The standard InChI is InChI=1S/C29H40N2O3/c1-22-19-23(2)21-31(20-22)17-18-34-27-13-9-25(10-14-27)30-28(32)29(15-5-4-6-16-29)24-7-11-26(33-3)12-8-24/h7-14,22-23H,4-6,15-21H2,1-3H3,(H,30,32)/t22-,23-/m0/s1. The summed E-state index contributed by atoms with van der Waals surface area (Å²) in [4.78, 5) is 16.1. The summed E-state index contributed by atoms with van der Waals surface area (Å²) < 4.78 is 11.3. The van der Waals surface area contributed by atoms with Gasteiger partial charge in [0.2, 0.25) is 5.91 Å². The zero-order chi connectivity index (χ0) is 24.0. The van der Waals surface area contributed by atoms with Gasteiger partial charge in [-0.05, 0) is 73.1 Å². The number of hydrogen-bond donors (Lipinski definition) is 1. The molecule has 2 aromatic rings. The quantitative estimate of drug-likeness (QED) is 0.529. The summed E-state index contributed by atoms with van der Waals surface area (Å²) in [5.41, 5.74) is 1.41. The van der Waals surface area contributed by atoms with Gasteiger partial charge in [0.25, 0.3) is 0 Å². The molecule has 1 N–H and O–H groups in total. The van der Waals surface area contributed by atoms with Crippen LogP contribution in [0.2, 0.25) is 0 Å². The normalized spacial score (nSPS) is 22.7. The topological polar surface area (TPSA) is 50.8 Å². The van der Waals surface area contributed by atoms with E-state index < -0.39 is 5.41 Å². The van der Waals surface area contributed by atoms with Crippen molar-refractivity contribution in [2.75, 3.05) is 38.7 Å². The van der Waals surface area contributed by atoms with Gasteiger partial charge in [-0.1, -0.05) is 45.2 Å². The van der Waals surface area contributed by atoms with Crippen molar-refractivity contribution in [3.63, 3.8) is 0 Å². The van der Waals surface area contributed by atoms with Gasteiger partial charge in [-0.2, -0.15) is 0 Å². The number of nitrogens with zero attached hydrogens (tertiary/aromatic N) is 1. The fourth-order valence-electron chi connectivity index (χ4n) is 5.86. The van der Waals surface area contributed by atoms with Crippen molar-refractivity contribution in [2.45, 2.75) is 57.8 Å². The van der Waals surface area contributed by atoms with Crippen LogP contribution in [0.15, 0.2) is 48.5 Å². The number of piperidine rings is 1. The number of carbonyl (C=O) groups excluding carboxylic acids is 1. The third kappa shape index (κ3) is 5.93. The highest BCUT2D eigenvalue weighted by molar-refractivity contribution is 5.99. The van der Waals surface area contributed by atoms with Gasteiger partial charge in [-0.15, -0.1) is 0 Å². The molecule has 1 aliphatic carbocycles. The van der Waals surface area contributed by atoms with E-state index in [2.05, 4.69) is 24.1 Å². The number of rotatable bonds is 8. The second-order valence-corrected chi connectivity index (χ2v) is 10.4. The van der Waals surface area contributed by atoms with Gasteiger partial charge in [-0.3, -0.25) is 9.69 Å². The molecule has 0 bridgehead atoms. The summed E-state index contributed by atoms with van der Waals surface area (Å²) in [7, 11) is 1.67. The maximum absolute atomic E-state index is 13.6. The van der Waals surface area contributed by atoms with Gasteiger partial charge < -0.3 is 14.8 Å². The lowest BCUT2D eigenvalue weighted by Gasteiger charge is -2.36. The van der Waals surface area contributed by atoms with E-state index in [9.17, 15) is 4.79 Å². The van der Waals surface area contributed by atoms with Crippen LogP contribution in [0.3, 0.4) is 0 Å². The molecule has 1 amide bonds. The number of carbonyl (C=O) groups is 1. The lowest BCUT2D eigenvalue weighted by Crippen LogP contribution is -2.42. The number of hydrogen-bond acceptors (Lipinski definition) is 4. The molecule has 1 aliphatic heterocycles. The fourth-order valence-corrected chi connectivity index (χ4v) is 5.86. The van der Waals surface area contributed by atoms with Gasteiger partial charge in [0.05, 0.1) is 12.5 Å². The molecule has 0 aromatic heterocycles. The highest BCUT2D eigenvalue weighted by Crippen LogP contribution is 2.41. The molecule has 2 fully saturated rings. The summed E-state index contributed by atoms with van der Waals surface area (Å²) in [5.74, 6) is 3.27. The van der Waals surface area contributed by atoms with Gasteiger partial charge >= 0.3 is 0 Å². The first-order valence-electron chi connectivity index (χ1n) is 12.9. The fraction of sp³-hybridized carbons (Fsp3) is 0.552. The minimum absolute atomic E-state index is 0.0828. The van der Waals surface area contributed by atoms with E-state index in [-0.39, 0.29) is 5.91 Å². The lowest BCUT2D eigenvalue weighted by atomic mass is 9.68. The predicted molar refractivity (Wildman–Crippen MR) is 138 cm³/mol. The third-order valence-electron chi connectivity index (χ3n) is 7.52. The minimum Gasteiger partial charge on any atom is -0.497 e. The molecular formula is C29H40N2O3. The zero-order valence-electron chi connectivity index (χ0n) is 21.0. The van der Waals surface area contributed by atoms with E-state index in [1.165, 1.54) is 12.8 Å². The second kappa shape index (κ2) is 11.3. The number of amides is 1. The van der Waals surface area contributed by atoms with Gasteiger partial charge in [0.1, 0.15) is 18.1 Å². The molecule has 0 spiro atoms. The van der Waals surface area contributed by atoms with Crippen LogP contribution in [0.4, 0.5) is 5.69 Å². The first kappa shape index (κ1) is 24.6. The lowest BCUT2D eigenvalue weighted by molar-refractivity contribution is -0.122. The minimum atomic E-state index is -0.484. The maximum Gasteiger partial charge on any atom is 0.235 e. The molecule has 2 atom stereocenters. The Labute approximate surface area is 204 Å². The molecule has 1 saturated heterocycles. The molecule has 184 valence electrons. The molecule has 0 unspecified atom stereocenters. The number of likely N-dealkylation sites (tertiary alicyclic amines) is 1. The number of methoxy groups -OCH3 is 1. The molecule has 4 rings (SSSR count). The molecule has 5 nitrogen and oxygen atoms in total. The number of anilines is 1. The van der Waals surface area contributed by atoms with Crippen molar-refractivity contribution < 1.29 is 14.3 Å². The van der Waals surface area contributed by atoms with Crippen LogP contribution in [0.5, 0.6) is 11.5 Å². The highest BCUT2D eigenvalue weighted by atomic mass is 16.5. The third-order valence-corrected chi connectivity index (χ3v) is 7.52. The van der Waals surface area contributed by atoms with Crippen LogP contribution >= 0.6 is 0 Å². The van der Waals surface area contributed by atoms with Crippen molar-refractivity contribution in [1.82, 2.24) is 4.90 Å². The first-order chi connectivity index (χ1) is 16.5. The van der Waals surface area contributed by atoms with Crippen LogP contribution in [0.25, 0.3) is 0 Å². The molecular weight excluding hydrogens is 424 g/mol. The van der Waals surface area contributed by atoms with Crippen molar-refractivity contribution in [1.29, 1.82) is 0 Å². The zero-order valence-corrected chi connectivity index (χ0v) is 21.0. The molecule has 34 heavy (non-hydrogen) atoms. The average molecular weight is 465 g/mol. The molecule has 2 aromatic carbocycles. The second-order valence-electron chi connectivity index (χ2n) is 10.4. The Morgan fingerprint density at radius 1 is 0.941 bits per heavy atom. The van der Waals surface area contributed by atoms with E-state index in [1.54, 1.807) is 7.11 Å². The SMILES string of the molecule is COc1ccc(C2(C(=O)Nc3ccc(OCCN4C[C@@H](C)C[C@H](C)C4)cc3)CCCCC2)cc1. The first-order valence-corrected chi connectivity index (χ1v) is 12.9. The van der Waals surface area contributed by atoms with E-state index >= 15 is 0 Å². The van der Waals surface area contributed by atoms with Crippen LogP contribution in [0.1, 0.15) is 57.9 Å². The van der Waals surface area contributed by atoms with Crippen molar-refractivity contribution in [3.8, 4) is 11.5 Å². The summed E-state index contributed by atoms with van der Waals surface area (Å²) in [6, 6.07) is 15.8. The van der Waals surface area contributed by atoms with Crippen molar-refractivity contribution in [3.05, 3.63) is 54.1 Å². The van der Waals surface area contributed by atoms with E-state index in [0.717, 1.165) is 79.9 Å². The van der Waals surface area contributed by atoms with E-state index in [0.29, 0.717) is 6.61 Å². The Kier molecular flexibility index (Phi) is 8.15. The largest absolute Gasteiger partial charge is 0.497 e. The molecule has 0 radical (unpaired) electrons. The number of nitrogens with one attached hydrogen (secondary N) is 1. The van der Waals surface area contributed by atoms with E-state index in [1.807, 2.05) is 48.5 Å². The molecule has 1 heterocycles. The van der Waals surface area contributed by atoms with Crippen LogP contribution < -0.4 is 14.8 Å². The van der Waals surface area contributed by atoms with Gasteiger partial charge in [-0.25, -0.2) is 0 Å². The average Bonchev–Trinajstić information content (AvgIpc) is 2.85. The van der Waals surface area contributed by atoms with E-state index in [4.69, 9.17) is 9.47 Å². The van der Waals surface area contributed by atoms with Gasteiger partial charge in [0, 0.05) is 25.3 Å². The molecule has 5 heteroatoms. The van der Waals surface area contributed by atoms with Crippen LogP contribution in [-0.2, 0) is 10.2 Å². The van der Waals surface area contributed by atoms with Crippen LogP contribution in [0, 0.1) is 11.8 Å². The Bertz CT molecular complexity index is 909. The van der Waals surface area contributed by atoms with Crippen molar-refractivity contribution >= 4 is 11.6 Å². The van der Waals surface area contributed by atoms with Crippen molar-refractivity contribution in [2.24, 2.45) is 11.8 Å². The van der Waals surface area contributed by atoms with Gasteiger partial charge in [0.15, 0.2) is 0 Å². The molecule has 2 aliphatic rings. The maximum atomic E-state index is 13.6. The Hall–Kier alpha value is -2.53. The Morgan fingerprint density at radius 2 is 1.56 bits per heavy atom. The van der Waals surface area contributed by atoms with Crippen LogP contribution in [-0.4, -0.2) is 44.2 Å². The number of benzene rings is 2. The smallest absolute Gasteiger partial charge is 0.235 e. The summed E-state index contributed by atoms with van der Waals surface area (Å²) >= 11 is 0. The number of ether oxygens (including phenoxy) is 2. The summed E-state index contributed by atoms with van der Waals surface area (Å²) in [6.07, 6.45) is 6.40. The summed E-state index contributed by atoms with van der Waals surface area (Å²) in [6.45, 7) is 8.64. The monoisotopic (exact) mass is 464 g/mol. The summed E-state index contributed by atoms with van der Waals surface area (Å²) in [5, 5.41) is 3.19. The Balaban J connectivity index is 1.35. The predicted octanol–water partition coefficient (Wildman–Crippen LogP) is 5.89.